The first-order valence-electron chi connectivity index (χ1n) is 9.17. The fourth-order valence-electron chi connectivity index (χ4n) is 2.86. The Kier molecular flexibility index (Phi) is 6.24. The average Bonchev–Trinajstić information content (AvgIpc) is 2.72. The fraction of sp³-hybridized carbons (Fsp3) is 0.174. The number of esters is 1. The van der Waals surface area contributed by atoms with E-state index >= 15 is 0 Å². The van der Waals surface area contributed by atoms with Gasteiger partial charge < -0.3 is 15.0 Å². The third-order valence-corrected chi connectivity index (χ3v) is 4.35. The van der Waals surface area contributed by atoms with Gasteiger partial charge in [0.1, 0.15) is 0 Å². The number of nitrogens with one attached hydrogen (secondary N) is 1. The molecule has 0 saturated carbocycles. The second kappa shape index (κ2) is 9.01. The van der Waals surface area contributed by atoms with Crippen molar-refractivity contribution < 1.29 is 19.1 Å². The van der Waals surface area contributed by atoms with Crippen LogP contribution in [0.2, 0.25) is 0 Å². The highest BCUT2D eigenvalue weighted by atomic mass is 16.5. The van der Waals surface area contributed by atoms with Gasteiger partial charge in [0.25, 0.3) is 11.8 Å². The summed E-state index contributed by atoms with van der Waals surface area (Å²) >= 11 is 0. The van der Waals surface area contributed by atoms with Crippen molar-refractivity contribution in [3.63, 3.8) is 0 Å². The molecule has 0 aliphatic heterocycles. The van der Waals surface area contributed by atoms with Crippen LogP contribution in [0.5, 0.6) is 0 Å². The smallest absolute Gasteiger partial charge is 0.310 e. The molecule has 0 saturated heterocycles. The zero-order valence-electron chi connectivity index (χ0n) is 16.3. The van der Waals surface area contributed by atoms with Gasteiger partial charge in [-0.05, 0) is 40.6 Å². The Bertz CT molecular complexity index is 1040. The molecule has 3 rings (SSSR count). The summed E-state index contributed by atoms with van der Waals surface area (Å²) in [4.78, 5) is 37.4. The number of nitrogens with zero attached hydrogens (tertiary/aromatic N) is 1. The minimum atomic E-state index is -0.470. The van der Waals surface area contributed by atoms with Crippen molar-refractivity contribution >= 4 is 34.2 Å². The van der Waals surface area contributed by atoms with Crippen LogP contribution in [0.3, 0.4) is 0 Å². The first kappa shape index (κ1) is 20.1. The molecule has 0 radical (unpaired) electrons. The Hall–Kier alpha value is -3.67. The minimum absolute atomic E-state index is 0.0967. The normalized spacial score (nSPS) is 10.4. The van der Waals surface area contributed by atoms with Crippen molar-refractivity contribution in [1.82, 2.24) is 4.90 Å². The maximum atomic E-state index is 12.0. The Morgan fingerprint density at radius 3 is 2.28 bits per heavy atom. The number of carbonyl (C=O) groups excluding carboxylic acids is 3. The highest BCUT2D eigenvalue weighted by Crippen LogP contribution is 2.16. The number of anilines is 1. The van der Waals surface area contributed by atoms with E-state index in [1.54, 1.807) is 38.4 Å². The van der Waals surface area contributed by atoms with Gasteiger partial charge in [0.05, 0.1) is 6.42 Å². The maximum Gasteiger partial charge on any atom is 0.310 e. The second-order valence-corrected chi connectivity index (χ2v) is 6.84. The van der Waals surface area contributed by atoms with E-state index in [9.17, 15) is 14.4 Å². The van der Waals surface area contributed by atoms with E-state index in [-0.39, 0.29) is 18.9 Å². The van der Waals surface area contributed by atoms with E-state index in [0.717, 1.165) is 16.3 Å². The standard InChI is InChI=1S/C23H22N2O4/c1-25(2)23(28)18-9-11-20(12-10-18)24-21(26)15-29-22(27)14-16-7-8-17-5-3-4-6-19(17)13-16/h3-13H,14-15H2,1-2H3,(H,24,26). The van der Waals surface area contributed by atoms with Gasteiger partial charge in [-0.2, -0.15) is 0 Å². The van der Waals surface area contributed by atoms with E-state index in [1.807, 2.05) is 42.5 Å². The third kappa shape index (κ3) is 5.42. The molecule has 6 nitrogen and oxygen atoms in total. The van der Waals surface area contributed by atoms with Gasteiger partial charge in [0, 0.05) is 25.3 Å². The topological polar surface area (TPSA) is 75.7 Å². The summed E-state index contributed by atoms with van der Waals surface area (Å²) in [5.41, 5.74) is 1.88. The molecule has 0 fully saturated rings. The Morgan fingerprint density at radius 1 is 0.897 bits per heavy atom. The number of ether oxygens (including phenoxy) is 1. The van der Waals surface area contributed by atoms with E-state index in [1.165, 1.54) is 4.90 Å². The Labute approximate surface area is 169 Å². The van der Waals surface area contributed by atoms with E-state index < -0.39 is 11.9 Å². The van der Waals surface area contributed by atoms with Crippen LogP contribution in [0, 0.1) is 0 Å². The summed E-state index contributed by atoms with van der Waals surface area (Å²) in [5, 5.41) is 4.79. The maximum absolute atomic E-state index is 12.0. The predicted molar refractivity (Wildman–Crippen MR) is 112 cm³/mol. The average molecular weight is 390 g/mol. The van der Waals surface area contributed by atoms with Crippen molar-refractivity contribution in [3.05, 3.63) is 77.9 Å². The monoisotopic (exact) mass is 390 g/mol. The number of hydrogen-bond donors (Lipinski definition) is 1. The number of hydrogen-bond acceptors (Lipinski definition) is 4. The van der Waals surface area contributed by atoms with Crippen molar-refractivity contribution in [1.29, 1.82) is 0 Å². The molecule has 6 heteroatoms. The summed E-state index contributed by atoms with van der Waals surface area (Å²) in [6.45, 7) is -0.370. The summed E-state index contributed by atoms with van der Waals surface area (Å²) in [6, 6.07) is 20.2. The highest BCUT2D eigenvalue weighted by Gasteiger charge is 2.11. The van der Waals surface area contributed by atoms with Crippen LogP contribution in [-0.2, 0) is 20.7 Å². The molecule has 0 spiro atoms. The van der Waals surface area contributed by atoms with E-state index in [4.69, 9.17) is 4.74 Å². The lowest BCUT2D eigenvalue weighted by molar-refractivity contribution is -0.146. The Morgan fingerprint density at radius 2 is 1.59 bits per heavy atom. The second-order valence-electron chi connectivity index (χ2n) is 6.84. The molecule has 0 unspecified atom stereocenters. The Balaban J connectivity index is 1.49. The van der Waals surface area contributed by atoms with Crippen LogP contribution < -0.4 is 5.32 Å². The molecule has 3 aromatic carbocycles. The van der Waals surface area contributed by atoms with Gasteiger partial charge in [0.2, 0.25) is 0 Å². The lowest BCUT2D eigenvalue weighted by Gasteiger charge is -2.11. The first-order valence-corrected chi connectivity index (χ1v) is 9.17. The van der Waals surface area contributed by atoms with Gasteiger partial charge in [-0.1, -0.05) is 42.5 Å². The lowest BCUT2D eigenvalue weighted by Crippen LogP contribution is -2.22. The van der Waals surface area contributed by atoms with Crippen LogP contribution in [0.25, 0.3) is 10.8 Å². The van der Waals surface area contributed by atoms with Gasteiger partial charge in [-0.15, -0.1) is 0 Å². The van der Waals surface area contributed by atoms with Crippen LogP contribution in [-0.4, -0.2) is 43.4 Å². The van der Waals surface area contributed by atoms with Crippen LogP contribution >= 0.6 is 0 Å². The number of carbonyl (C=O) groups is 3. The van der Waals surface area contributed by atoms with Crippen LogP contribution in [0.1, 0.15) is 15.9 Å². The zero-order valence-corrected chi connectivity index (χ0v) is 16.3. The molecular weight excluding hydrogens is 368 g/mol. The quantitative estimate of drug-likeness (QED) is 0.656. The summed E-state index contributed by atoms with van der Waals surface area (Å²) in [5.74, 6) is -1.03. The van der Waals surface area contributed by atoms with E-state index in [2.05, 4.69) is 5.32 Å². The summed E-state index contributed by atoms with van der Waals surface area (Å²) < 4.78 is 5.07. The molecule has 0 heterocycles. The highest BCUT2D eigenvalue weighted by molar-refractivity contribution is 5.96. The van der Waals surface area contributed by atoms with Gasteiger partial charge in [-0.3, -0.25) is 14.4 Å². The molecule has 2 amide bonds. The molecular formula is C23H22N2O4. The fourth-order valence-corrected chi connectivity index (χ4v) is 2.86. The molecule has 3 aromatic rings. The van der Waals surface area contributed by atoms with Crippen LogP contribution in [0.15, 0.2) is 66.7 Å². The lowest BCUT2D eigenvalue weighted by atomic mass is 10.1. The molecule has 0 aliphatic carbocycles. The number of amides is 2. The van der Waals surface area contributed by atoms with Crippen LogP contribution in [0.4, 0.5) is 5.69 Å². The van der Waals surface area contributed by atoms with Gasteiger partial charge >= 0.3 is 5.97 Å². The third-order valence-electron chi connectivity index (χ3n) is 4.35. The van der Waals surface area contributed by atoms with Gasteiger partial charge in [-0.25, -0.2) is 0 Å². The molecule has 0 bridgehead atoms. The van der Waals surface area contributed by atoms with Crippen molar-refractivity contribution in [3.8, 4) is 0 Å². The van der Waals surface area contributed by atoms with Crippen molar-refractivity contribution in [2.24, 2.45) is 0 Å². The summed E-state index contributed by atoms with van der Waals surface area (Å²) in [6.07, 6.45) is 0.0967. The predicted octanol–water partition coefficient (Wildman–Crippen LogP) is 3.27. The molecule has 148 valence electrons. The molecule has 0 atom stereocenters. The zero-order chi connectivity index (χ0) is 20.8. The van der Waals surface area contributed by atoms with Crippen molar-refractivity contribution in [2.75, 3.05) is 26.0 Å². The molecule has 29 heavy (non-hydrogen) atoms. The van der Waals surface area contributed by atoms with E-state index in [0.29, 0.717) is 11.3 Å². The number of fused-ring (bicyclic) bond motifs is 1. The number of benzene rings is 3. The molecule has 0 aromatic heterocycles. The minimum Gasteiger partial charge on any atom is -0.455 e. The van der Waals surface area contributed by atoms with Gasteiger partial charge in [0.15, 0.2) is 6.61 Å². The number of rotatable bonds is 6. The molecule has 0 aliphatic rings. The summed E-state index contributed by atoms with van der Waals surface area (Å²) in [7, 11) is 3.34. The first-order chi connectivity index (χ1) is 13.9. The molecule has 1 N–H and O–H groups in total. The SMILES string of the molecule is CN(C)C(=O)c1ccc(NC(=O)COC(=O)Cc2ccc3ccccc3c2)cc1. The largest absolute Gasteiger partial charge is 0.455 e. The van der Waals surface area contributed by atoms with Crippen molar-refractivity contribution in [2.45, 2.75) is 6.42 Å².